The first-order chi connectivity index (χ1) is 18.6. The maximum absolute atomic E-state index is 15.0. The summed E-state index contributed by atoms with van der Waals surface area (Å²) in [6, 6.07) is 16.2. The number of carboxylic acids is 1. The second kappa shape index (κ2) is 12.1. The molecule has 1 aliphatic carbocycles. The molecule has 2 aromatic carbocycles. The molecule has 1 atom stereocenters. The van der Waals surface area contributed by atoms with Crippen molar-refractivity contribution < 1.29 is 28.3 Å². The van der Waals surface area contributed by atoms with Gasteiger partial charge in [-0.15, -0.1) is 11.3 Å². The largest absolute Gasteiger partial charge is 0.497 e. The highest BCUT2D eigenvalue weighted by atomic mass is 32.1. The van der Waals surface area contributed by atoms with Gasteiger partial charge < -0.3 is 19.1 Å². The smallest absolute Gasteiger partial charge is 0.303 e. The van der Waals surface area contributed by atoms with Gasteiger partial charge in [-0.2, -0.15) is 13.5 Å². The standard InChI is InChI=1S/C31H32FNO5S.H2S/c1-31(2,3)27-13-12-26(39-27)29-25(33-38-30(29)23-15-20(36-4)10-11-24(23)32)17-37-21-7-5-6-19(14-21)22(16-28(34)35)18-8-9-18;/h5-7,10-15,18,22H,8-9,16-17H2,1-4H3,(H,34,35);1H2/t22-;/m0./s1. The summed E-state index contributed by atoms with van der Waals surface area (Å²) in [4.78, 5) is 13.5. The van der Waals surface area contributed by atoms with Crippen LogP contribution < -0.4 is 9.47 Å². The molecule has 9 heteroatoms. The van der Waals surface area contributed by atoms with Gasteiger partial charge in [-0.1, -0.05) is 38.1 Å². The zero-order chi connectivity index (χ0) is 27.7. The van der Waals surface area contributed by atoms with E-state index in [9.17, 15) is 9.90 Å². The van der Waals surface area contributed by atoms with Gasteiger partial charge in [0.1, 0.15) is 29.6 Å². The SMILES string of the molecule is COc1ccc(F)c(-c2onc(COc3cccc([C@@H](CC(=O)O)C4CC4)c3)c2-c2ccc(C(C)(C)C)s2)c1.S. The molecule has 0 radical (unpaired) electrons. The summed E-state index contributed by atoms with van der Waals surface area (Å²) in [5.41, 5.74) is 2.40. The van der Waals surface area contributed by atoms with E-state index in [0.29, 0.717) is 34.4 Å². The Morgan fingerprint density at radius 1 is 1.15 bits per heavy atom. The Morgan fingerprint density at radius 2 is 1.93 bits per heavy atom. The van der Waals surface area contributed by atoms with Crippen molar-refractivity contribution in [1.29, 1.82) is 0 Å². The number of benzene rings is 2. The lowest BCUT2D eigenvalue weighted by Gasteiger charge is -2.16. The maximum atomic E-state index is 15.0. The number of thiophene rings is 1. The zero-order valence-corrected chi connectivity index (χ0v) is 24.8. The molecule has 0 spiro atoms. The number of hydrogen-bond acceptors (Lipinski definition) is 6. The van der Waals surface area contributed by atoms with E-state index in [0.717, 1.165) is 23.3 Å². The number of nitrogens with zero attached hydrogens (tertiary/aromatic N) is 1. The van der Waals surface area contributed by atoms with E-state index in [2.05, 4.69) is 32.0 Å². The molecule has 0 unspecified atom stereocenters. The highest BCUT2D eigenvalue weighted by Crippen LogP contribution is 2.46. The predicted octanol–water partition coefficient (Wildman–Crippen LogP) is 8.18. The van der Waals surface area contributed by atoms with Crippen molar-refractivity contribution >= 4 is 30.8 Å². The molecule has 0 aliphatic heterocycles. The number of methoxy groups -OCH3 is 1. The van der Waals surface area contributed by atoms with E-state index in [1.54, 1.807) is 23.5 Å². The molecule has 1 N–H and O–H groups in total. The van der Waals surface area contributed by atoms with Crippen LogP contribution in [0.1, 0.15) is 62.1 Å². The molecular weight excluding hydrogens is 549 g/mol. The van der Waals surface area contributed by atoms with Crippen LogP contribution in [0.25, 0.3) is 21.8 Å². The van der Waals surface area contributed by atoms with E-state index in [-0.39, 0.29) is 43.4 Å². The maximum Gasteiger partial charge on any atom is 0.303 e. The first-order valence-electron chi connectivity index (χ1n) is 13.0. The number of carbonyl (C=O) groups is 1. The number of aromatic nitrogens is 1. The Morgan fingerprint density at radius 3 is 2.58 bits per heavy atom. The Hall–Kier alpha value is -3.30. The molecular formula is C31H34FNO5S2. The Bertz CT molecular complexity index is 1490. The molecule has 1 fully saturated rings. The average Bonchev–Trinajstić information content (AvgIpc) is 3.45. The highest BCUT2D eigenvalue weighted by Gasteiger charge is 2.34. The van der Waals surface area contributed by atoms with Crippen molar-refractivity contribution in [3.63, 3.8) is 0 Å². The van der Waals surface area contributed by atoms with Gasteiger partial charge in [0.15, 0.2) is 5.76 Å². The van der Waals surface area contributed by atoms with Gasteiger partial charge in [-0.3, -0.25) is 4.79 Å². The molecule has 1 aliphatic rings. The van der Waals surface area contributed by atoms with Crippen molar-refractivity contribution in [2.75, 3.05) is 7.11 Å². The van der Waals surface area contributed by atoms with Crippen molar-refractivity contribution in [1.82, 2.24) is 5.16 Å². The third kappa shape index (κ3) is 6.53. The molecule has 1 saturated carbocycles. The first-order valence-corrected chi connectivity index (χ1v) is 13.8. The topological polar surface area (TPSA) is 81.8 Å². The lowest BCUT2D eigenvalue weighted by atomic mass is 9.91. The number of halogens is 1. The normalized spacial score (nSPS) is 13.9. The summed E-state index contributed by atoms with van der Waals surface area (Å²) in [7, 11) is 1.53. The quantitative estimate of drug-likeness (QED) is 0.203. The second-order valence-corrected chi connectivity index (χ2v) is 12.1. The molecule has 40 heavy (non-hydrogen) atoms. The minimum atomic E-state index is -0.798. The Labute approximate surface area is 244 Å². The number of hydrogen-bond donors (Lipinski definition) is 1. The fourth-order valence-corrected chi connectivity index (χ4v) is 5.90. The van der Waals surface area contributed by atoms with E-state index in [1.807, 2.05) is 30.3 Å². The highest BCUT2D eigenvalue weighted by molar-refractivity contribution is 7.59. The third-order valence-corrected chi connectivity index (χ3v) is 8.55. The molecule has 6 nitrogen and oxygen atoms in total. The molecule has 2 aromatic heterocycles. The van der Waals surface area contributed by atoms with E-state index >= 15 is 4.39 Å². The van der Waals surface area contributed by atoms with E-state index in [4.69, 9.17) is 14.0 Å². The summed E-state index contributed by atoms with van der Waals surface area (Å²) in [6.07, 6.45) is 2.20. The van der Waals surface area contributed by atoms with Crippen LogP contribution in [0.15, 0.2) is 59.1 Å². The summed E-state index contributed by atoms with van der Waals surface area (Å²) < 4.78 is 32.3. The second-order valence-electron chi connectivity index (χ2n) is 11.0. The fourth-order valence-electron chi connectivity index (χ4n) is 4.77. The average molecular weight is 584 g/mol. The molecule has 0 saturated heterocycles. The Kier molecular flexibility index (Phi) is 8.95. The molecule has 5 rings (SSSR count). The summed E-state index contributed by atoms with van der Waals surface area (Å²) in [6.45, 7) is 6.54. The van der Waals surface area contributed by atoms with Gasteiger partial charge in [0.2, 0.25) is 0 Å². The van der Waals surface area contributed by atoms with Gasteiger partial charge in [-0.25, -0.2) is 4.39 Å². The van der Waals surface area contributed by atoms with Gasteiger partial charge in [0.05, 0.1) is 24.7 Å². The van der Waals surface area contributed by atoms with Crippen LogP contribution in [0.3, 0.4) is 0 Å². The van der Waals surface area contributed by atoms with Crippen LogP contribution in [0.5, 0.6) is 11.5 Å². The van der Waals surface area contributed by atoms with Crippen LogP contribution in [-0.4, -0.2) is 23.3 Å². The summed E-state index contributed by atoms with van der Waals surface area (Å²) in [5, 5.41) is 13.7. The third-order valence-electron chi connectivity index (χ3n) is 7.02. The minimum Gasteiger partial charge on any atom is -0.497 e. The fraction of sp³-hybridized carbons (Fsp3) is 0.355. The lowest BCUT2D eigenvalue weighted by molar-refractivity contribution is -0.137. The number of rotatable bonds is 10. The van der Waals surface area contributed by atoms with Gasteiger partial charge >= 0.3 is 5.97 Å². The van der Waals surface area contributed by atoms with Crippen molar-refractivity contribution in [3.8, 4) is 33.3 Å². The summed E-state index contributed by atoms with van der Waals surface area (Å²) in [5.74, 6) is 0.577. The van der Waals surface area contributed by atoms with Crippen LogP contribution in [0.4, 0.5) is 4.39 Å². The van der Waals surface area contributed by atoms with Gasteiger partial charge in [0.25, 0.3) is 0 Å². The lowest BCUT2D eigenvalue weighted by Crippen LogP contribution is -2.08. The van der Waals surface area contributed by atoms with Gasteiger partial charge in [0, 0.05) is 9.75 Å². The first kappa shape index (κ1) is 29.7. The minimum absolute atomic E-state index is 0. The number of aliphatic carboxylic acids is 1. The van der Waals surface area contributed by atoms with Crippen LogP contribution in [-0.2, 0) is 16.8 Å². The van der Waals surface area contributed by atoms with Crippen LogP contribution >= 0.6 is 24.8 Å². The van der Waals surface area contributed by atoms with Crippen LogP contribution in [0, 0.1) is 11.7 Å². The molecule has 212 valence electrons. The molecule has 4 aromatic rings. The Balaban J connectivity index is 0.00000370. The number of ether oxygens (including phenoxy) is 2. The van der Waals surface area contributed by atoms with Crippen molar-refractivity contribution in [2.24, 2.45) is 5.92 Å². The van der Waals surface area contributed by atoms with E-state index in [1.165, 1.54) is 18.1 Å². The predicted molar refractivity (Wildman–Crippen MR) is 159 cm³/mol. The molecule has 2 heterocycles. The van der Waals surface area contributed by atoms with Crippen LogP contribution in [0.2, 0.25) is 0 Å². The number of carboxylic acid groups (broad SMARTS) is 1. The zero-order valence-electron chi connectivity index (χ0n) is 23.0. The van der Waals surface area contributed by atoms with Crippen molar-refractivity contribution in [3.05, 3.63) is 76.5 Å². The van der Waals surface area contributed by atoms with E-state index < -0.39 is 11.8 Å². The van der Waals surface area contributed by atoms with Gasteiger partial charge in [-0.05, 0) is 78.1 Å². The monoisotopic (exact) mass is 583 g/mol. The van der Waals surface area contributed by atoms with Crippen molar-refractivity contribution in [2.45, 2.75) is 58.0 Å². The molecule has 0 bridgehead atoms. The molecule has 0 amide bonds. The summed E-state index contributed by atoms with van der Waals surface area (Å²) >= 11 is 1.62.